The van der Waals surface area contributed by atoms with E-state index in [9.17, 15) is 13.2 Å². The minimum absolute atomic E-state index is 0.317. The van der Waals surface area contributed by atoms with E-state index in [1.165, 1.54) is 6.20 Å². The van der Waals surface area contributed by atoms with E-state index in [2.05, 4.69) is 46.7 Å². The molecule has 11 nitrogen and oxygen atoms in total. The van der Waals surface area contributed by atoms with Crippen LogP contribution in [0, 0.1) is 11.8 Å². The van der Waals surface area contributed by atoms with Crippen LogP contribution in [-0.4, -0.2) is 60.6 Å². The van der Waals surface area contributed by atoms with Crippen LogP contribution >= 0.6 is 0 Å². The highest BCUT2D eigenvalue weighted by Crippen LogP contribution is 2.30. The number of nitrogens with zero attached hydrogens (tertiary/aromatic N) is 4. The Kier molecular flexibility index (Phi) is 11.8. The minimum atomic E-state index is -3.71. The molecule has 1 aromatic carbocycles. The monoisotopic (exact) mass is 591 g/mol. The van der Waals surface area contributed by atoms with Crippen molar-refractivity contribution in [1.29, 1.82) is 0 Å². The standard InChI is InChI=1S/C26H25N7O4S.2C2H6/c1-2-3-24(34)30-20-8-9-21(27-15-20)16-38(35,36)32-19-6-4-18(5-7-19)23-14-22-25(31-23)28-17-29-26(22)33-10-12-37-13-11-33;2*1-2/h4-9,14-15,17,32H,10-13,16H2,1H3,(H,30,34)(H,28,29,31);2*1-2H3. The second-order valence-corrected chi connectivity index (χ2v) is 10.3. The molecule has 5 rings (SSSR count). The number of anilines is 3. The van der Waals surface area contributed by atoms with Crippen molar-refractivity contribution in [1.82, 2.24) is 19.9 Å². The van der Waals surface area contributed by atoms with Crippen LogP contribution in [0.25, 0.3) is 22.3 Å². The fraction of sp³-hybridized carbons (Fsp3) is 0.333. The molecule has 0 saturated carbocycles. The van der Waals surface area contributed by atoms with E-state index in [4.69, 9.17) is 4.74 Å². The van der Waals surface area contributed by atoms with Gasteiger partial charge in [0.15, 0.2) is 0 Å². The molecule has 0 spiro atoms. The number of pyridine rings is 1. The van der Waals surface area contributed by atoms with E-state index in [-0.39, 0.29) is 5.75 Å². The molecule has 0 bridgehead atoms. The van der Waals surface area contributed by atoms with E-state index < -0.39 is 15.9 Å². The molecule has 4 aromatic rings. The quantitative estimate of drug-likeness (QED) is 0.260. The number of aromatic nitrogens is 4. The zero-order chi connectivity index (χ0) is 30.5. The number of hydrogen-bond acceptors (Lipinski definition) is 8. The van der Waals surface area contributed by atoms with Crippen LogP contribution in [0.1, 0.15) is 40.3 Å². The Hall–Kier alpha value is -4.47. The first kappa shape index (κ1) is 32.0. The number of carbonyl (C=O) groups excluding carboxylic acids is 1. The molecule has 1 saturated heterocycles. The zero-order valence-electron chi connectivity index (χ0n) is 24.6. The Labute approximate surface area is 247 Å². The maximum absolute atomic E-state index is 12.7. The molecule has 1 aliphatic rings. The molecular formula is C30H37N7O4S. The molecule has 1 amide bonds. The van der Waals surface area contributed by atoms with Crippen molar-refractivity contribution in [2.45, 2.75) is 40.4 Å². The normalized spacial score (nSPS) is 12.5. The van der Waals surface area contributed by atoms with E-state index >= 15 is 0 Å². The number of aromatic amines is 1. The number of rotatable bonds is 7. The van der Waals surface area contributed by atoms with Gasteiger partial charge in [-0.25, -0.2) is 18.4 Å². The van der Waals surface area contributed by atoms with Gasteiger partial charge < -0.3 is 19.9 Å². The number of hydrogen-bond donors (Lipinski definition) is 3. The number of benzene rings is 1. The summed E-state index contributed by atoms with van der Waals surface area (Å²) in [5.41, 5.74) is 3.67. The minimum Gasteiger partial charge on any atom is -0.378 e. The molecule has 12 heteroatoms. The number of H-pyrrole nitrogens is 1. The lowest BCUT2D eigenvalue weighted by molar-refractivity contribution is -0.111. The summed E-state index contributed by atoms with van der Waals surface area (Å²) in [5, 5.41) is 3.48. The topological polar surface area (TPSA) is 142 Å². The van der Waals surface area contributed by atoms with Gasteiger partial charge in [0.25, 0.3) is 5.91 Å². The van der Waals surface area contributed by atoms with Gasteiger partial charge >= 0.3 is 0 Å². The van der Waals surface area contributed by atoms with Crippen molar-refractivity contribution in [2.75, 3.05) is 41.2 Å². The molecule has 1 fully saturated rings. The smallest absolute Gasteiger partial charge is 0.300 e. The van der Waals surface area contributed by atoms with Crippen LogP contribution in [0.15, 0.2) is 55.0 Å². The third-order valence-electron chi connectivity index (χ3n) is 5.84. The second-order valence-electron chi connectivity index (χ2n) is 8.55. The Balaban J connectivity index is 0.00000116. The summed E-state index contributed by atoms with van der Waals surface area (Å²) in [6, 6.07) is 12.2. The van der Waals surface area contributed by atoms with Crippen LogP contribution in [-0.2, 0) is 25.3 Å². The number of fused-ring (bicyclic) bond motifs is 1. The summed E-state index contributed by atoms with van der Waals surface area (Å²) in [7, 11) is -3.71. The molecule has 0 aliphatic carbocycles. The average Bonchev–Trinajstić information content (AvgIpc) is 3.45. The van der Waals surface area contributed by atoms with Crippen molar-refractivity contribution in [2.24, 2.45) is 0 Å². The predicted octanol–water partition coefficient (Wildman–Crippen LogP) is 4.81. The molecule has 42 heavy (non-hydrogen) atoms. The van der Waals surface area contributed by atoms with Crippen molar-refractivity contribution in [3.8, 4) is 23.1 Å². The zero-order valence-corrected chi connectivity index (χ0v) is 25.4. The number of ether oxygens (including phenoxy) is 1. The van der Waals surface area contributed by atoms with Crippen LogP contribution in [0.4, 0.5) is 17.2 Å². The first-order chi connectivity index (χ1) is 20.4. The van der Waals surface area contributed by atoms with Crippen LogP contribution in [0.5, 0.6) is 0 Å². The highest BCUT2D eigenvalue weighted by Gasteiger charge is 2.18. The van der Waals surface area contributed by atoms with E-state index in [0.29, 0.717) is 30.3 Å². The van der Waals surface area contributed by atoms with Gasteiger partial charge in [-0.2, -0.15) is 0 Å². The molecule has 0 unspecified atom stereocenters. The summed E-state index contributed by atoms with van der Waals surface area (Å²) in [6.07, 6.45) is 2.94. The Morgan fingerprint density at radius 3 is 2.33 bits per heavy atom. The van der Waals surface area contributed by atoms with Crippen molar-refractivity contribution >= 4 is 44.2 Å². The van der Waals surface area contributed by atoms with Crippen LogP contribution in [0.2, 0.25) is 0 Å². The molecule has 3 aromatic heterocycles. The number of morpholine rings is 1. The van der Waals surface area contributed by atoms with Gasteiger partial charge in [-0.05, 0) is 48.7 Å². The summed E-state index contributed by atoms with van der Waals surface area (Å²) in [5.74, 6) is 4.95. The first-order valence-electron chi connectivity index (χ1n) is 13.9. The lowest BCUT2D eigenvalue weighted by Crippen LogP contribution is -2.36. The Morgan fingerprint density at radius 2 is 1.69 bits per heavy atom. The summed E-state index contributed by atoms with van der Waals surface area (Å²) in [4.78, 5) is 30.0. The average molecular weight is 592 g/mol. The van der Waals surface area contributed by atoms with Gasteiger partial charge in [-0.15, -0.1) is 0 Å². The molecule has 1 aliphatic heterocycles. The van der Waals surface area contributed by atoms with Gasteiger partial charge in [-0.3, -0.25) is 14.5 Å². The molecule has 4 heterocycles. The lowest BCUT2D eigenvalue weighted by atomic mass is 10.1. The Morgan fingerprint density at radius 1 is 1.00 bits per heavy atom. The largest absolute Gasteiger partial charge is 0.378 e. The van der Waals surface area contributed by atoms with Gasteiger partial charge in [0.2, 0.25) is 10.0 Å². The highest BCUT2D eigenvalue weighted by atomic mass is 32.2. The van der Waals surface area contributed by atoms with Crippen LogP contribution < -0.4 is 14.9 Å². The van der Waals surface area contributed by atoms with Gasteiger partial charge in [-0.1, -0.05) is 45.7 Å². The number of sulfonamides is 1. The lowest BCUT2D eigenvalue weighted by Gasteiger charge is -2.27. The number of amides is 1. The SMILES string of the molecule is CC.CC.CC#CC(=O)Nc1ccc(CS(=O)(=O)Nc2ccc(-c3cc4c(N5CCOCC5)ncnc4[nH]3)cc2)nc1. The highest BCUT2D eigenvalue weighted by molar-refractivity contribution is 7.91. The predicted molar refractivity (Wildman–Crippen MR) is 168 cm³/mol. The number of carbonyl (C=O) groups is 1. The van der Waals surface area contributed by atoms with E-state index in [1.54, 1.807) is 37.5 Å². The summed E-state index contributed by atoms with van der Waals surface area (Å²) >= 11 is 0. The van der Waals surface area contributed by atoms with Crippen molar-refractivity contribution in [3.05, 3.63) is 60.7 Å². The summed E-state index contributed by atoms with van der Waals surface area (Å²) < 4.78 is 33.4. The van der Waals surface area contributed by atoms with Gasteiger partial charge in [0.1, 0.15) is 23.5 Å². The fourth-order valence-electron chi connectivity index (χ4n) is 4.10. The van der Waals surface area contributed by atoms with Gasteiger partial charge in [0.05, 0.1) is 36.2 Å². The third-order valence-corrected chi connectivity index (χ3v) is 7.07. The maximum Gasteiger partial charge on any atom is 0.300 e. The molecule has 3 N–H and O–H groups in total. The maximum atomic E-state index is 12.7. The Bertz CT molecular complexity index is 1620. The second kappa shape index (κ2) is 15.5. The first-order valence-corrected chi connectivity index (χ1v) is 15.5. The van der Waals surface area contributed by atoms with E-state index in [1.807, 2.05) is 45.9 Å². The molecule has 0 radical (unpaired) electrons. The molecule has 222 valence electrons. The van der Waals surface area contributed by atoms with E-state index in [0.717, 1.165) is 41.2 Å². The third kappa shape index (κ3) is 8.52. The van der Waals surface area contributed by atoms with Crippen molar-refractivity contribution in [3.63, 3.8) is 0 Å². The van der Waals surface area contributed by atoms with Crippen molar-refractivity contribution < 1.29 is 17.9 Å². The van der Waals surface area contributed by atoms with Crippen LogP contribution in [0.3, 0.4) is 0 Å². The summed E-state index contributed by atoms with van der Waals surface area (Å²) in [6.45, 7) is 12.4. The molecular weight excluding hydrogens is 554 g/mol. The van der Waals surface area contributed by atoms with Gasteiger partial charge in [0, 0.05) is 24.5 Å². The number of nitrogens with one attached hydrogen (secondary N) is 3. The molecule has 0 atom stereocenters. The fourth-order valence-corrected chi connectivity index (χ4v) is 5.22.